The molecule has 0 saturated heterocycles. The van der Waals surface area contributed by atoms with Gasteiger partial charge in [0.25, 0.3) is 0 Å². The minimum atomic E-state index is -4.31. The van der Waals surface area contributed by atoms with Gasteiger partial charge in [0.15, 0.2) is 0 Å². The van der Waals surface area contributed by atoms with Crippen LogP contribution in [0, 0.1) is 0 Å². The second kappa shape index (κ2) is 42.1. The summed E-state index contributed by atoms with van der Waals surface area (Å²) in [6.07, 6.45) is 45.4. The van der Waals surface area contributed by atoms with Crippen LogP contribution < -0.4 is 11.1 Å². The fourth-order valence-electron chi connectivity index (χ4n) is 7.37. The number of hydrogen-bond donors (Lipinski definition) is 4. The summed E-state index contributed by atoms with van der Waals surface area (Å²) in [5.74, 6) is -0.155. The number of nitrogens with two attached hydrogens (primary N) is 1. The van der Waals surface area contributed by atoms with Crippen molar-refractivity contribution in [2.75, 3.05) is 19.8 Å². The van der Waals surface area contributed by atoms with Crippen LogP contribution in [-0.4, -0.2) is 47.8 Å². The summed E-state index contributed by atoms with van der Waals surface area (Å²) in [5, 5.41) is 13.8. The minimum absolute atomic E-state index is 0.0926. The summed E-state index contributed by atoms with van der Waals surface area (Å²) >= 11 is 0. The molecule has 0 aliphatic carbocycles. The molecule has 0 aliphatic rings. The number of rotatable bonds is 45. The van der Waals surface area contributed by atoms with Gasteiger partial charge < -0.3 is 21.1 Å². The van der Waals surface area contributed by atoms with E-state index < -0.39 is 20.0 Å². The Morgan fingerprint density at radius 3 is 1.19 bits per heavy atom. The zero-order valence-corrected chi connectivity index (χ0v) is 36.9. The molecule has 0 radical (unpaired) electrons. The lowest BCUT2D eigenvalue weighted by Gasteiger charge is -2.25. The topological polar surface area (TPSA) is 131 Å². The molecule has 9 heteroatoms. The molecule has 5 N–H and O–H groups in total. The Morgan fingerprint density at radius 2 is 0.852 bits per heavy atom. The quantitative estimate of drug-likeness (QED) is 0.0357. The van der Waals surface area contributed by atoms with Crippen molar-refractivity contribution in [3.8, 4) is 0 Å². The molecule has 0 fully saturated rings. The maximum Gasteiger partial charge on any atom is 0.472 e. The van der Waals surface area contributed by atoms with Gasteiger partial charge in [-0.05, 0) is 12.8 Å². The van der Waals surface area contributed by atoms with Crippen LogP contribution in [0.2, 0.25) is 0 Å². The van der Waals surface area contributed by atoms with Gasteiger partial charge in [-0.15, -0.1) is 0 Å². The van der Waals surface area contributed by atoms with Gasteiger partial charge in [-0.3, -0.25) is 13.8 Å². The van der Waals surface area contributed by atoms with E-state index >= 15 is 0 Å². The molecule has 0 saturated carbocycles. The lowest BCUT2D eigenvalue weighted by molar-refractivity contribution is -0.123. The van der Waals surface area contributed by atoms with Gasteiger partial charge >= 0.3 is 7.82 Å². The first kappa shape index (κ1) is 53.5. The van der Waals surface area contributed by atoms with Crippen LogP contribution in [-0.2, 0) is 18.4 Å². The highest BCUT2D eigenvalue weighted by Crippen LogP contribution is 2.43. The third kappa shape index (κ3) is 39.7. The average molecular weight is 789 g/mol. The second-order valence-electron chi connectivity index (χ2n) is 16.3. The van der Waals surface area contributed by atoms with Crippen molar-refractivity contribution in [1.82, 2.24) is 5.32 Å². The predicted molar refractivity (Wildman–Crippen MR) is 231 cm³/mol. The van der Waals surface area contributed by atoms with Crippen LogP contribution in [0.25, 0.3) is 0 Å². The van der Waals surface area contributed by atoms with Crippen LogP contribution in [0.5, 0.6) is 0 Å². The summed E-state index contributed by atoms with van der Waals surface area (Å²) < 4.78 is 22.2. The average Bonchev–Trinajstić information content (AvgIpc) is 3.16. The highest BCUT2D eigenvalue weighted by atomic mass is 31.2. The zero-order valence-electron chi connectivity index (χ0n) is 36.0. The number of nitrogens with one attached hydrogen (secondary N) is 1. The van der Waals surface area contributed by atoms with E-state index in [4.69, 9.17) is 14.8 Å². The normalized spacial score (nSPS) is 13.9. The molecule has 324 valence electrons. The summed E-state index contributed by atoms with van der Waals surface area (Å²) in [6, 6.07) is -0.767. The molecular formula is C45H93N2O6P. The van der Waals surface area contributed by atoms with Crippen molar-refractivity contribution >= 4 is 13.7 Å². The van der Waals surface area contributed by atoms with Gasteiger partial charge in [0, 0.05) is 13.0 Å². The van der Waals surface area contributed by atoms with Crippen LogP contribution in [0.15, 0.2) is 0 Å². The number of hydrogen-bond acceptors (Lipinski definition) is 6. The highest BCUT2D eigenvalue weighted by molar-refractivity contribution is 7.47. The third-order valence-corrected chi connectivity index (χ3v) is 11.9. The standard InChI is InChI=1S/C45H93N2O6P/c1-3-5-7-9-11-13-15-17-19-20-21-22-23-25-27-29-31-33-35-37-39-45(49)47-43(42-53-54(50,51)52-41-40-46)44(48)38-36-34-32-30-28-26-24-18-16-14-12-10-8-6-4-2/h43-44,48H,3-42,46H2,1-2H3,(H,47,49)(H,50,51)/t43-,44+/m0/s1. The molecule has 1 amide bonds. The molecule has 0 aromatic rings. The fraction of sp³-hybridized carbons (Fsp3) is 0.978. The SMILES string of the molecule is CCCCCCCCCCCCCCCCCCCCCCC(=O)N[C@@H](COP(=O)(O)OCCN)[C@H](O)CCCCCCCCCCCCCCCCC. The maximum atomic E-state index is 12.8. The number of aliphatic hydroxyl groups excluding tert-OH is 1. The first-order chi connectivity index (χ1) is 26.4. The van der Waals surface area contributed by atoms with Gasteiger partial charge in [-0.25, -0.2) is 4.57 Å². The summed E-state index contributed by atoms with van der Waals surface area (Å²) in [6.45, 7) is 4.25. The first-order valence-corrected chi connectivity index (χ1v) is 25.1. The molecule has 0 heterocycles. The molecule has 54 heavy (non-hydrogen) atoms. The van der Waals surface area contributed by atoms with Crippen molar-refractivity contribution in [1.29, 1.82) is 0 Å². The van der Waals surface area contributed by atoms with Gasteiger partial charge in [0.2, 0.25) is 5.91 Å². The summed E-state index contributed by atoms with van der Waals surface area (Å²) in [7, 11) is -4.31. The van der Waals surface area contributed by atoms with Gasteiger partial charge in [0.1, 0.15) is 0 Å². The molecule has 0 bridgehead atoms. The number of amides is 1. The Labute approximate surface area is 335 Å². The van der Waals surface area contributed by atoms with E-state index in [0.29, 0.717) is 12.8 Å². The minimum Gasteiger partial charge on any atom is -0.391 e. The molecule has 0 spiro atoms. The van der Waals surface area contributed by atoms with Crippen LogP contribution in [0.1, 0.15) is 251 Å². The van der Waals surface area contributed by atoms with E-state index in [1.54, 1.807) is 0 Å². The zero-order chi connectivity index (χ0) is 39.6. The molecule has 0 aliphatic heterocycles. The number of carbonyl (C=O) groups is 1. The second-order valence-corrected chi connectivity index (χ2v) is 17.8. The van der Waals surface area contributed by atoms with Gasteiger partial charge in [-0.2, -0.15) is 0 Å². The third-order valence-electron chi connectivity index (χ3n) is 11.0. The monoisotopic (exact) mass is 789 g/mol. The molecule has 0 aromatic heterocycles. The van der Waals surface area contributed by atoms with E-state index in [1.807, 2.05) is 0 Å². The van der Waals surface area contributed by atoms with E-state index in [-0.39, 0.29) is 25.7 Å². The lowest BCUT2D eigenvalue weighted by Crippen LogP contribution is -2.46. The number of unbranched alkanes of at least 4 members (excludes halogenated alkanes) is 33. The fourth-order valence-corrected chi connectivity index (χ4v) is 8.13. The van der Waals surface area contributed by atoms with Crippen molar-refractivity contribution in [2.45, 2.75) is 264 Å². The van der Waals surface area contributed by atoms with Gasteiger partial charge in [-0.1, -0.05) is 232 Å². The molecule has 0 aromatic carbocycles. The largest absolute Gasteiger partial charge is 0.472 e. The molecule has 8 nitrogen and oxygen atoms in total. The maximum absolute atomic E-state index is 12.8. The highest BCUT2D eigenvalue weighted by Gasteiger charge is 2.27. The number of aliphatic hydroxyl groups is 1. The van der Waals surface area contributed by atoms with Crippen LogP contribution >= 0.6 is 7.82 Å². The van der Waals surface area contributed by atoms with Crippen molar-refractivity contribution in [2.24, 2.45) is 5.73 Å². The van der Waals surface area contributed by atoms with Crippen molar-refractivity contribution in [3.05, 3.63) is 0 Å². The Kier molecular flexibility index (Phi) is 41.7. The predicted octanol–water partition coefficient (Wildman–Crippen LogP) is 13.4. The summed E-state index contributed by atoms with van der Waals surface area (Å²) in [5.41, 5.74) is 5.39. The van der Waals surface area contributed by atoms with Crippen molar-refractivity contribution < 1.29 is 28.4 Å². The molecule has 3 atom stereocenters. The first-order valence-electron chi connectivity index (χ1n) is 23.7. The summed E-state index contributed by atoms with van der Waals surface area (Å²) in [4.78, 5) is 22.8. The number of carbonyl (C=O) groups excluding carboxylic acids is 1. The van der Waals surface area contributed by atoms with E-state index in [9.17, 15) is 19.4 Å². The van der Waals surface area contributed by atoms with E-state index in [1.165, 1.54) is 186 Å². The molecule has 1 unspecified atom stereocenters. The van der Waals surface area contributed by atoms with E-state index in [2.05, 4.69) is 19.2 Å². The molecule has 0 rings (SSSR count). The number of phosphoric acid groups is 1. The Bertz CT molecular complexity index is 819. The number of phosphoric ester groups is 1. The Morgan fingerprint density at radius 1 is 0.537 bits per heavy atom. The Hall–Kier alpha value is -0.500. The van der Waals surface area contributed by atoms with Gasteiger partial charge in [0.05, 0.1) is 25.4 Å². The Balaban J connectivity index is 4.04. The van der Waals surface area contributed by atoms with Crippen LogP contribution in [0.3, 0.4) is 0 Å². The van der Waals surface area contributed by atoms with Crippen molar-refractivity contribution in [3.63, 3.8) is 0 Å². The van der Waals surface area contributed by atoms with Crippen LogP contribution in [0.4, 0.5) is 0 Å². The molecular weight excluding hydrogens is 695 g/mol. The van der Waals surface area contributed by atoms with E-state index in [0.717, 1.165) is 38.5 Å². The lowest BCUT2D eigenvalue weighted by atomic mass is 10.0. The smallest absolute Gasteiger partial charge is 0.391 e.